The van der Waals surface area contributed by atoms with Gasteiger partial charge in [-0.3, -0.25) is 9.59 Å². The van der Waals surface area contributed by atoms with Crippen LogP contribution < -0.4 is 5.11 Å². The van der Waals surface area contributed by atoms with E-state index in [1.54, 1.807) is 0 Å². The molecule has 0 aromatic heterocycles. The van der Waals surface area contributed by atoms with Crippen LogP contribution in [0.15, 0.2) is 109 Å². The zero-order valence-electron chi connectivity index (χ0n) is 53.6. The van der Waals surface area contributed by atoms with Gasteiger partial charge in [0.25, 0.3) is 0 Å². The van der Waals surface area contributed by atoms with Crippen molar-refractivity contribution in [3.63, 3.8) is 0 Å². The number of rotatable bonds is 61. The number of unbranched alkanes of at least 4 members (excludes halogenated alkanes) is 28. The second-order valence-electron chi connectivity index (χ2n) is 23.4. The number of ether oxygens (including phenoxy) is 4. The summed E-state index contributed by atoms with van der Waals surface area (Å²) >= 11 is 0. The number of carboxylic acids is 1. The van der Waals surface area contributed by atoms with Crippen LogP contribution in [0.5, 0.6) is 0 Å². The summed E-state index contributed by atoms with van der Waals surface area (Å²) in [5.74, 6) is -2.29. The van der Waals surface area contributed by atoms with E-state index in [0.29, 0.717) is 17.4 Å². The van der Waals surface area contributed by atoms with Gasteiger partial charge in [-0.1, -0.05) is 271 Å². The largest absolute Gasteiger partial charge is 0.545 e. The number of aliphatic carboxylic acids is 1. The van der Waals surface area contributed by atoms with Crippen LogP contribution in [0.3, 0.4) is 0 Å². The summed E-state index contributed by atoms with van der Waals surface area (Å²) < 4.78 is 22.7. The highest BCUT2D eigenvalue weighted by molar-refractivity contribution is 5.70. The maximum atomic E-state index is 12.9. The third-order valence-electron chi connectivity index (χ3n) is 14.3. The second-order valence-corrected chi connectivity index (χ2v) is 23.4. The van der Waals surface area contributed by atoms with Crippen LogP contribution in [0.4, 0.5) is 0 Å². The molecule has 0 heterocycles. The highest BCUT2D eigenvalue weighted by Crippen LogP contribution is 2.17. The van der Waals surface area contributed by atoms with Gasteiger partial charge in [0, 0.05) is 12.8 Å². The monoisotopic (exact) mass is 1140 g/mol. The molecule has 0 spiro atoms. The average Bonchev–Trinajstić information content (AvgIpc) is 3.45. The number of carboxylic acid groups (broad SMARTS) is 1. The summed E-state index contributed by atoms with van der Waals surface area (Å²) in [6.07, 6.45) is 84.5. The Bertz CT molecular complexity index is 1710. The third-order valence-corrected chi connectivity index (χ3v) is 14.3. The molecule has 470 valence electrons. The molecule has 0 radical (unpaired) electrons. The van der Waals surface area contributed by atoms with Gasteiger partial charge in [0.15, 0.2) is 12.4 Å². The van der Waals surface area contributed by atoms with Gasteiger partial charge in [0.05, 0.1) is 40.3 Å². The molecule has 82 heavy (non-hydrogen) atoms. The Kier molecular flexibility index (Phi) is 59.9. The third kappa shape index (κ3) is 63.5. The van der Waals surface area contributed by atoms with Gasteiger partial charge in [0.1, 0.15) is 13.2 Å². The van der Waals surface area contributed by atoms with Crippen molar-refractivity contribution in [2.45, 2.75) is 289 Å². The van der Waals surface area contributed by atoms with Gasteiger partial charge in [-0.05, 0) is 103 Å². The molecule has 9 heteroatoms. The van der Waals surface area contributed by atoms with Crippen LogP contribution >= 0.6 is 0 Å². The number of quaternary nitrogens is 1. The summed E-state index contributed by atoms with van der Waals surface area (Å²) in [5, 5.41) is 11.8. The van der Waals surface area contributed by atoms with Crippen LogP contribution in [-0.2, 0) is 33.3 Å². The van der Waals surface area contributed by atoms with E-state index in [1.807, 2.05) is 21.1 Å². The number of hydrogen-bond acceptors (Lipinski definition) is 8. The predicted octanol–water partition coefficient (Wildman–Crippen LogP) is 19.3. The number of carbonyl (C=O) groups excluding carboxylic acids is 3. The fourth-order valence-corrected chi connectivity index (χ4v) is 9.14. The van der Waals surface area contributed by atoms with E-state index in [1.165, 1.54) is 141 Å². The molecule has 9 nitrogen and oxygen atoms in total. The molecule has 0 saturated heterocycles. The van der Waals surface area contributed by atoms with Crippen molar-refractivity contribution in [3.8, 4) is 0 Å². The lowest BCUT2D eigenvalue weighted by molar-refractivity contribution is -0.870. The highest BCUT2D eigenvalue weighted by Gasteiger charge is 2.22. The molecule has 0 aliphatic carbocycles. The van der Waals surface area contributed by atoms with Gasteiger partial charge >= 0.3 is 11.9 Å². The van der Waals surface area contributed by atoms with E-state index < -0.39 is 24.3 Å². The van der Waals surface area contributed by atoms with Crippen LogP contribution in [-0.4, -0.2) is 82.3 Å². The maximum Gasteiger partial charge on any atom is 0.306 e. The Morgan fingerprint density at radius 3 is 1.04 bits per heavy atom. The summed E-state index contributed by atoms with van der Waals surface area (Å²) in [4.78, 5) is 37.4. The summed E-state index contributed by atoms with van der Waals surface area (Å²) in [5.41, 5.74) is 0. The Hall–Kier alpha value is -4.05. The first kappa shape index (κ1) is 78.0. The SMILES string of the molecule is CC/C=C\C/C=C\C/C=C\C/C=C\C/C=C\C/C=C\C/C=C\CCCCCCCCCCCCCCCCCCCC(=O)OC(COC(=O)CCCCCCCCC/C=C\C/C=C\CCCCCC)COC(OCC[N+](C)(C)C)C(=O)[O-]. The Morgan fingerprint density at radius 2 is 0.695 bits per heavy atom. The molecule has 0 rings (SSSR count). The highest BCUT2D eigenvalue weighted by atomic mass is 16.7. The van der Waals surface area contributed by atoms with Crippen molar-refractivity contribution >= 4 is 17.9 Å². The molecular formula is C73H125NO8. The molecule has 0 bridgehead atoms. The van der Waals surface area contributed by atoms with Crippen LogP contribution in [0.1, 0.15) is 277 Å². The smallest absolute Gasteiger partial charge is 0.306 e. The van der Waals surface area contributed by atoms with Crippen LogP contribution in [0.25, 0.3) is 0 Å². The standard InChI is InChI=1S/C73H125NO8/c1-6-8-10-12-14-16-18-20-22-24-26-27-28-29-30-31-32-33-34-35-36-37-38-39-40-41-42-43-44-45-46-48-50-52-54-56-58-60-62-64-71(76)82-69(68-81-73(72(77)78)79-66-65-74(3,4)5)67-80-70(75)63-61-59-57-55-53-51-49-47-25-23-21-19-17-15-13-11-9-7-2/h8,10,14,16-17,19-20,22-23,25-27,29-30,32-33,35-36,69,73H,6-7,9,11-13,15,18,21,24,28,31,34,37-68H2,1-5H3/b10-8-,16-14-,19-17-,22-20-,25-23-,27-26-,30-29-,33-32-,36-35-. The molecule has 0 aliphatic heterocycles. The van der Waals surface area contributed by atoms with E-state index in [9.17, 15) is 19.5 Å². The number of allylic oxidation sites excluding steroid dienone is 18. The molecule has 0 fully saturated rings. The van der Waals surface area contributed by atoms with Crippen molar-refractivity contribution in [1.82, 2.24) is 0 Å². The second kappa shape index (κ2) is 63.0. The minimum atomic E-state index is -1.63. The van der Waals surface area contributed by atoms with Gasteiger partial charge in [-0.25, -0.2) is 0 Å². The fourth-order valence-electron chi connectivity index (χ4n) is 9.14. The molecule has 0 amide bonds. The molecule has 0 N–H and O–H groups in total. The van der Waals surface area contributed by atoms with E-state index in [4.69, 9.17) is 18.9 Å². The van der Waals surface area contributed by atoms with Crippen LogP contribution in [0, 0.1) is 0 Å². The first-order valence-corrected chi connectivity index (χ1v) is 33.5. The Morgan fingerprint density at radius 1 is 0.378 bits per heavy atom. The van der Waals surface area contributed by atoms with Gasteiger partial charge in [0.2, 0.25) is 0 Å². The summed E-state index contributed by atoms with van der Waals surface area (Å²) in [6.45, 7) is 4.62. The van der Waals surface area contributed by atoms with Gasteiger partial charge in [-0.15, -0.1) is 0 Å². The lowest BCUT2D eigenvalue weighted by Crippen LogP contribution is -2.44. The average molecular weight is 1140 g/mol. The molecule has 0 saturated carbocycles. The lowest BCUT2D eigenvalue weighted by atomic mass is 10.0. The van der Waals surface area contributed by atoms with Gasteiger partial charge in [-0.2, -0.15) is 0 Å². The summed E-state index contributed by atoms with van der Waals surface area (Å²) in [6, 6.07) is 0. The van der Waals surface area contributed by atoms with E-state index in [0.717, 1.165) is 103 Å². The zero-order chi connectivity index (χ0) is 59.8. The minimum Gasteiger partial charge on any atom is -0.545 e. The van der Waals surface area contributed by atoms with E-state index in [-0.39, 0.29) is 38.6 Å². The molecular weight excluding hydrogens is 1020 g/mol. The van der Waals surface area contributed by atoms with Crippen molar-refractivity contribution in [2.75, 3.05) is 47.5 Å². The lowest BCUT2D eigenvalue weighted by Gasteiger charge is -2.26. The molecule has 0 aliphatic rings. The number of hydrogen-bond donors (Lipinski definition) is 0. The number of likely N-dealkylation sites (N-methyl/N-ethyl adjacent to an activating group) is 1. The number of carbonyl (C=O) groups is 3. The van der Waals surface area contributed by atoms with E-state index in [2.05, 4.69) is 123 Å². The number of esters is 2. The summed E-state index contributed by atoms with van der Waals surface area (Å²) in [7, 11) is 5.92. The molecule has 2 atom stereocenters. The zero-order valence-corrected chi connectivity index (χ0v) is 53.6. The Labute approximate surface area is 505 Å². The normalized spacial score (nSPS) is 13.4. The predicted molar refractivity (Wildman–Crippen MR) is 347 cm³/mol. The molecule has 0 aromatic rings. The minimum absolute atomic E-state index is 0.144. The molecule has 2 unspecified atom stereocenters. The molecule has 0 aromatic carbocycles. The Balaban J connectivity index is 4.07. The van der Waals surface area contributed by atoms with Crippen molar-refractivity contribution < 1.29 is 42.9 Å². The van der Waals surface area contributed by atoms with E-state index >= 15 is 0 Å². The first-order valence-electron chi connectivity index (χ1n) is 33.5. The topological polar surface area (TPSA) is 111 Å². The van der Waals surface area contributed by atoms with Crippen molar-refractivity contribution in [3.05, 3.63) is 109 Å². The quantitative estimate of drug-likeness (QED) is 0.0195. The van der Waals surface area contributed by atoms with Crippen molar-refractivity contribution in [2.24, 2.45) is 0 Å². The van der Waals surface area contributed by atoms with Gasteiger partial charge < -0.3 is 33.3 Å². The fraction of sp³-hybridized carbons (Fsp3) is 0.712. The van der Waals surface area contributed by atoms with Crippen LogP contribution in [0.2, 0.25) is 0 Å². The number of nitrogens with zero attached hydrogens (tertiary/aromatic N) is 1. The maximum absolute atomic E-state index is 12.9. The first-order chi connectivity index (χ1) is 40.1. The van der Waals surface area contributed by atoms with Crippen molar-refractivity contribution in [1.29, 1.82) is 0 Å².